The predicted octanol–water partition coefficient (Wildman–Crippen LogP) is 3.61. The van der Waals surface area contributed by atoms with E-state index in [2.05, 4.69) is 12.1 Å². The van der Waals surface area contributed by atoms with Crippen LogP contribution < -0.4 is 10.5 Å². The highest BCUT2D eigenvalue weighted by molar-refractivity contribution is 7.98. The van der Waals surface area contributed by atoms with Crippen LogP contribution in [0.3, 0.4) is 0 Å². The quantitative estimate of drug-likeness (QED) is 0.876. The van der Waals surface area contributed by atoms with Crippen molar-refractivity contribution in [3.8, 4) is 5.75 Å². The highest BCUT2D eigenvalue weighted by atomic mass is 32.2. The minimum absolute atomic E-state index is 0.0772. The van der Waals surface area contributed by atoms with Crippen molar-refractivity contribution in [2.45, 2.75) is 24.0 Å². The minimum atomic E-state index is 0.0772. The van der Waals surface area contributed by atoms with Crippen molar-refractivity contribution in [1.82, 2.24) is 0 Å². The number of nitrogens with two attached hydrogens (primary N) is 1. The van der Waals surface area contributed by atoms with E-state index in [1.165, 1.54) is 5.56 Å². The van der Waals surface area contributed by atoms with Gasteiger partial charge in [0.2, 0.25) is 0 Å². The van der Waals surface area contributed by atoms with Crippen LogP contribution in [0.1, 0.15) is 23.5 Å². The van der Waals surface area contributed by atoms with Crippen molar-refractivity contribution >= 4 is 11.8 Å². The first-order chi connectivity index (χ1) is 9.20. The average Bonchev–Trinajstić information content (AvgIpc) is 2.92. The highest BCUT2D eigenvalue weighted by Gasteiger charge is 2.17. The third-order valence-electron chi connectivity index (χ3n) is 2.91. The second-order valence-electron chi connectivity index (χ2n) is 4.44. The molecule has 0 amide bonds. The van der Waals surface area contributed by atoms with Gasteiger partial charge >= 0.3 is 0 Å². The second kappa shape index (κ2) is 6.68. The summed E-state index contributed by atoms with van der Waals surface area (Å²) in [7, 11) is 1.67. The van der Waals surface area contributed by atoms with Gasteiger partial charge in [0, 0.05) is 11.3 Å². The normalized spacial score (nSPS) is 14.1. The Morgan fingerprint density at radius 1 is 1.26 bits per heavy atom. The van der Waals surface area contributed by atoms with Crippen molar-refractivity contribution in [3.63, 3.8) is 0 Å². The Hall–Kier alpha value is -1.39. The van der Waals surface area contributed by atoms with E-state index in [0.29, 0.717) is 0 Å². The molecule has 2 aromatic rings. The Balaban J connectivity index is 2.06. The fourth-order valence-electron chi connectivity index (χ4n) is 1.91. The number of furan rings is 1. The van der Waals surface area contributed by atoms with Crippen LogP contribution in [-0.4, -0.2) is 13.2 Å². The Kier molecular flexibility index (Phi) is 4.93. The van der Waals surface area contributed by atoms with Gasteiger partial charge < -0.3 is 14.9 Å². The van der Waals surface area contributed by atoms with Gasteiger partial charge in [0.15, 0.2) is 0 Å². The van der Waals surface area contributed by atoms with Gasteiger partial charge in [-0.3, -0.25) is 0 Å². The fourth-order valence-corrected chi connectivity index (χ4v) is 3.07. The molecule has 0 saturated carbocycles. The standard InChI is InChI=1S/C15H19NO2S/c1-11(16)15(19-10-14-4-3-9-18-14)12-5-7-13(17-2)8-6-12/h3-9,11,15H,10,16H2,1-2H3. The van der Waals surface area contributed by atoms with Crippen molar-refractivity contribution in [3.05, 3.63) is 54.0 Å². The summed E-state index contributed by atoms with van der Waals surface area (Å²) in [5.74, 6) is 2.66. The molecule has 0 aliphatic heterocycles. The van der Waals surface area contributed by atoms with Crippen LogP contribution in [-0.2, 0) is 5.75 Å². The third-order valence-corrected chi connectivity index (χ3v) is 4.42. The van der Waals surface area contributed by atoms with Crippen LogP contribution in [0.5, 0.6) is 5.75 Å². The topological polar surface area (TPSA) is 48.4 Å². The lowest BCUT2D eigenvalue weighted by atomic mass is 10.1. The Morgan fingerprint density at radius 3 is 2.53 bits per heavy atom. The van der Waals surface area contributed by atoms with E-state index in [-0.39, 0.29) is 11.3 Å². The van der Waals surface area contributed by atoms with Crippen LogP contribution in [0, 0.1) is 0 Å². The molecule has 0 saturated heterocycles. The predicted molar refractivity (Wildman–Crippen MR) is 79.4 cm³/mol. The van der Waals surface area contributed by atoms with Gasteiger partial charge in [-0.1, -0.05) is 12.1 Å². The van der Waals surface area contributed by atoms with Gasteiger partial charge in [0.1, 0.15) is 11.5 Å². The summed E-state index contributed by atoms with van der Waals surface area (Å²) < 4.78 is 10.5. The molecule has 2 rings (SSSR count). The van der Waals surface area contributed by atoms with E-state index < -0.39 is 0 Å². The Labute approximate surface area is 118 Å². The summed E-state index contributed by atoms with van der Waals surface area (Å²) in [5, 5.41) is 0.246. The Morgan fingerprint density at radius 2 is 2.00 bits per heavy atom. The number of rotatable bonds is 6. The molecule has 1 aromatic heterocycles. The molecular formula is C15H19NO2S. The van der Waals surface area contributed by atoms with E-state index in [4.69, 9.17) is 14.9 Å². The summed E-state index contributed by atoms with van der Waals surface area (Å²) in [6.07, 6.45) is 1.70. The van der Waals surface area contributed by atoms with E-state index in [0.717, 1.165) is 17.3 Å². The molecule has 3 nitrogen and oxygen atoms in total. The molecule has 102 valence electrons. The highest BCUT2D eigenvalue weighted by Crippen LogP contribution is 2.34. The Bertz CT molecular complexity index is 479. The minimum Gasteiger partial charge on any atom is -0.497 e. The first-order valence-corrected chi connectivity index (χ1v) is 7.29. The number of ether oxygens (including phenoxy) is 1. The number of thioether (sulfide) groups is 1. The van der Waals surface area contributed by atoms with E-state index in [9.17, 15) is 0 Å². The summed E-state index contributed by atoms with van der Waals surface area (Å²) in [6, 6.07) is 12.1. The van der Waals surface area contributed by atoms with Gasteiger partial charge in [-0.15, -0.1) is 11.8 Å². The smallest absolute Gasteiger partial charge is 0.118 e. The summed E-state index contributed by atoms with van der Waals surface area (Å²) in [4.78, 5) is 0. The maximum absolute atomic E-state index is 6.10. The summed E-state index contributed by atoms with van der Waals surface area (Å²) >= 11 is 1.79. The molecule has 4 heteroatoms. The largest absolute Gasteiger partial charge is 0.497 e. The summed E-state index contributed by atoms with van der Waals surface area (Å²) in [5.41, 5.74) is 7.31. The van der Waals surface area contributed by atoms with Gasteiger partial charge in [-0.05, 0) is 36.8 Å². The van der Waals surface area contributed by atoms with Crippen molar-refractivity contribution in [2.75, 3.05) is 7.11 Å². The molecule has 1 aromatic carbocycles. The maximum atomic E-state index is 6.10. The van der Waals surface area contributed by atoms with E-state index >= 15 is 0 Å². The van der Waals surface area contributed by atoms with Gasteiger partial charge in [-0.25, -0.2) is 0 Å². The first-order valence-electron chi connectivity index (χ1n) is 6.24. The molecule has 19 heavy (non-hydrogen) atoms. The zero-order valence-corrected chi connectivity index (χ0v) is 12.0. The van der Waals surface area contributed by atoms with Gasteiger partial charge in [0.05, 0.1) is 19.1 Å². The molecule has 2 N–H and O–H groups in total. The number of benzene rings is 1. The SMILES string of the molecule is COc1ccc(C(SCc2ccco2)C(C)N)cc1. The third kappa shape index (κ3) is 3.78. The average molecular weight is 277 g/mol. The first kappa shape index (κ1) is 14.0. The molecule has 0 fully saturated rings. The monoisotopic (exact) mass is 277 g/mol. The second-order valence-corrected chi connectivity index (χ2v) is 5.57. The van der Waals surface area contributed by atoms with Crippen LogP contribution in [0.15, 0.2) is 47.1 Å². The molecule has 0 aliphatic carbocycles. The molecule has 0 radical (unpaired) electrons. The van der Waals surface area contributed by atoms with Gasteiger partial charge in [-0.2, -0.15) is 0 Å². The van der Waals surface area contributed by atoms with E-state index in [1.54, 1.807) is 25.1 Å². The molecule has 1 heterocycles. The van der Waals surface area contributed by atoms with Crippen LogP contribution in [0.25, 0.3) is 0 Å². The lowest BCUT2D eigenvalue weighted by molar-refractivity contribution is 0.414. The molecule has 2 unspecified atom stereocenters. The molecule has 0 bridgehead atoms. The molecule has 0 spiro atoms. The van der Waals surface area contributed by atoms with Crippen molar-refractivity contribution in [2.24, 2.45) is 5.73 Å². The zero-order valence-electron chi connectivity index (χ0n) is 11.2. The molecule has 0 aliphatic rings. The number of hydrogen-bond donors (Lipinski definition) is 1. The van der Waals surface area contributed by atoms with E-state index in [1.807, 2.05) is 31.2 Å². The summed E-state index contributed by atoms with van der Waals surface area (Å²) in [6.45, 7) is 2.03. The molecular weight excluding hydrogens is 258 g/mol. The lowest BCUT2D eigenvalue weighted by Crippen LogP contribution is -2.22. The van der Waals surface area contributed by atoms with Crippen LogP contribution in [0.2, 0.25) is 0 Å². The van der Waals surface area contributed by atoms with Crippen molar-refractivity contribution in [1.29, 1.82) is 0 Å². The van der Waals surface area contributed by atoms with Crippen LogP contribution >= 0.6 is 11.8 Å². The lowest BCUT2D eigenvalue weighted by Gasteiger charge is -2.20. The molecule has 2 atom stereocenters. The maximum Gasteiger partial charge on any atom is 0.118 e. The van der Waals surface area contributed by atoms with Crippen LogP contribution in [0.4, 0.5) is 0 Å². The van der Waals surface area contributed by atoms with Crippen molar-refractivity contribution < 1.29 is 9.15 Å². The number of hydrogen-bond acceptors (Lipinski definition) is 4. The number of methoxy groups -OCH3 is 1. The zero-order chi connectivity index (χ0) is 13.7. The fraction of sp³-hybridized carbons (Fsp3) is 0.333. The van der Waals surface area contributed by atoms with Gasteiger partial charge in [0.25, 0.3) is 0 Å².